The van der Waals surface area contributed by atoms with Crippen LogP contribution in [0.5, 0.6) is 0 Å². The van der Waals surface area contributed by atoms with Crippen molar-refractivity contribution in [1.29, 1.82) is 0 Å². The normalized spacial score (nSPS) is 14.6. The molecule has 0 aliphatic rings. The van der Waals surface area contributed by atoms with Gasteiger partial charge in [0.25, 0.3) is 0 Å². The number of carbonyl (C=O) groups excluding carboxylic acids is 1. The molecule has 5 heteroatoms. The number of hydrogen-bond donors (Lipinski definition) is 2. The van der Waals surface area contributed by atoms with E-state index in [1.807, 2.05) is 13.8 Å². The third-order valence-corrected chi connectivity index (χ3v) is 2.83. The smallest absolute Gasteiger partial charge is 0.233 e. The molecule has 2 unspecified atom stereocenters. The average Bonchev–Trinajstić information content (AvgIpc) is 2.20. The molecule has 0 aromatic rings. The Kier molecular flexibility index (Phi) is 8.61. The molecule has 0 fully saturated rings. The first-order chi connectivity index (χ1) is 7.06. The molecular weight excluding hydrogens is 212 g/mol. The molecule has 0 radical (unpaired) electrons. The lowest BCUT2D eigenvalue weighted by Crippen LogP contribution is -2.38. The van der Waals surface area contributed by atoms with Crippen LogP contribution < -0.4 is 10.6 Å². The summed E-state index contributed by atoms with van der Waals surface area (Å²) < 4.78 is 10.8. The van der Waals surface area contributed by atoms with Crippen molar-refractivity contribution in [3.63, 3.8) is 0 Å². The third kappa shape index (κ3) is 9.87. The highest BCUT2D eigenvalue weighted by Gasteiger charge is 2.05. The zero-order valence-corrected chi connectivity index (χ0v) is 10.7. The lowest BCUT2D eigenvalue weighted by atomic mass is 10.2. The second-order valence-electron chi connectivity index (χ2n) is 3.70. The van der Waals surface area contributed by atoms with Crippen LogP contribution in [0.15, 0.2) is 0 Å². The SMILES string of the molecule is CCCNC(=O)CNC(C)CCS(C)=O. The Hall–Kier alpha value is -0.420. The number of nitrogens with one attached hydrogen (secondary N) is 2. The molecule has 0 saturated heterocycles. The van der Waals surface area contributed by atoms with Crippen LogP contribution >= 0.6 is 0 Å². The minimum absolute atomic E-state index is 0.0290. The van der Waals surface area contributed by atoms with Gasteiger partial charge < -0.3 is 10.6 Å². The molecule has 0 saturated carbocycles. The first kappa shape index (κ1) is 14.6. The van der Waals surface area contributed by atoms with Gasteiger partial charge in [-0.05, 0) is 19.8 Å². The second-order valence-corrected chi connectivity index (χ2v) is 5.25. The molecule has 15 heavy (non-hydrogen) atoms. The van der Waals surface area contributed by atoms with Crippen molar-refractivity contribution in [1.82, 2.24) is 10.6 Å². The Labute approximate surface area is 94.7 Å². The van der Waals surface area contributed by atoms with E-state index in [0.29, 0.717) is 12.3 Å². The summed E-state index contributed by atoms with van der Waals surface area (Å²) in [4.78, 5) is 11.2. The minimum Gasteiger partial charge on any atom is -0.355 e. The van der Waals surface area contributed by atoms with Gasteiger partial charge in [-0.25, -0.2) is 0 Å². The molecule has 0 rings (SSSR count). The van der Waals surface area contributed by atoms with Gasteiger partial charge in [0.1, 0.15) is 0 Å². The predicted molar refractivity (Wildman–Crippen MR) is 64.3 cm³/mol. The van der Waals surface area contributed by atoms with Crippen LogP contribution in [0.2, 0.25) is 0 Å². The topological polar surface area (TPSA) is 58.2 Å². The zero-order chi connectivity index (χ0) is 11.7. The van der Waals surface area contributed by atoms with E-state index in [0.717, 1.165) is 19.4 Å². The number of amides is 1. The number of carbonyl (C=O) groups is 1. The summed E-state index contributed by atoms with van der Waals surface area (Å²) in [5.41, 5.74) is 0. The Morgan fingerprint density at radius 2 is 2.13 bits per heavy atom. The Morgan fingerprint density at radius 1 is 1.47 bits per heavy atom. The van der Waals surface area contributed by atoms with Gasteiger partial charge in [0, 0.05) is 35.4 Å². The molecule has 0 aromatic heterocycles. The molecule has 1 amide bonds. The van der Waals surface area contributed by atoms with Gasteiger partial charge in [0.2, 0.25) is 5.91 Å². The lowest BCUT2D eigenvalue weighted by molar-refractivity contribution is -0.120. The third-order valence-electron chi connectivity index (χ3n) is 2.02. The van der Waals surface area contributed by atoms with Crippen LogP contribution in [-0.4, -0.2) is 41.3 Å². The molecule has 90 valence electrons. The van der Waals surface area contributed by atoms with Crippen LogP contribution in [0.3, 0.4) is 0 Å². The van der Waals surface area contributed by atoms with E-state index in [4.69, 9.17) is 0 Å². The van der Waals surface area contributed by atoms with Crippen molar-refractivity contribution in [2.45, 2.75) is 32.7 Å². The van der Waals surface area contributed by atoms with Crippen LogP contribution in [0.4, 0.5) is 0 Å². The number of hydrogen-bond acceptors (Lipinski definition) is 3. The molecule has 0 heterocycles. The van der Waals surface area contributed by atoms with Crippen molar-refractivity contribution < 1.29 is 9.00 Å². The molecule has 2 atom stereocenters. The average molecular weight is 234 g/mol. The van der Waals surface area contributed by atoms with Gasteiger partial charge in [-0.2, -0.15) is 0 Å². The van der Waals surface area contributed by atoms with Gasteiger partial charge in [-0.1, -0.05) is 6.92 Å². The Bertz CT molecular complexity index is 210. The van der Waals surface area contributed by atoms with E-state index >= 15 is 0 Å². The summed E-state index contributed by atoms with van der Waals surface area (Å²) in [6.45, 7) is 5.10. The monoisotopic (exact) mass is 234 g/mol. The molecule has 4 nitrogen and oxygen atoms in total. The molecular formula is C10H22N2O2S. The van der Waals surface area contributed by atoms with Crippen molar-refractivity contribution in [2.75, 3.05) is 25.1 Å². The van der Waals surface area contributed by atoms with E-state index in [1.165, 1.54) is 0 Å². The van der Waals surface area contributed by atoms with Gasteiger partial charge in [-0.3, -0.25) is 9.00 Å². The molecule has 0 aliphatic heterocycles. The predicted octanol–water partition coefficient (Wildman–Crippen LogP) is 0.259. The Morgan fingerprint density at radius 3 is 2.67 bits per heavy atom. The summed E-state index contributed by atoms with van der Waals surface area (Å²) in [7, 11) is -0.746. The van der Waals surface area contributed by atoms with Crippen LogP contribution in [0.1, 0.15) is 26.7 Å². The lowest BCUT2D eigenvalue weighted by Gasteiger charge is -2.12. The van der Waals surface area contributed by atoms with E-state index in [-0.39, 0.29) is 11.9 Å². The van der Waals surface area contributed by atoms with Gasteiger partial charge in [0.15, 0.2) is 0 Å². The summed E-state index contributed by atoms with van der Waals surface area (Å²) in [5, 5.41) is 5.89. The molecule has 0 spiro atoms. The van der Waals surface area contributed by atoms with Gasteiger partial charge >= 0.3 is 0 Å². The van der Waals surface area contributed by atoms with Gasteiger partial charge in [-0.15, -0.1) is 0 Å². The summed E-state index contributed by atoms with van der Waals surface area (Å²) in [6, 6.07) is 0.237. The van der Waals surface area contributed by atoms with E-state index in [2.05, 4.69) is 10.6 Å². The second kappa shape index (κ2) is 8.85. The zero-order valence-electron chi connectivity index (χ0n) is 9.84. The summed E-state index contributed by atoms with van der Waals surface area (Å²) in [5.74, 6) is 0.714. The van der Waals surface area contributed by atoms with Crippen LogP contribution in [0.25, 0.3) is 0 Å². The summed E-state index contributed by atoms with van der Waals surface area (Å²) in [6.07, 6.45) is 3.49. The van der Waals surface area contributed by atoms with E-state index in [9.17, 15) is 9.00 Å². The molecule has 0 aromatic carbocycles. The van der Waals surface area contributed by atoms with Gasteiger partial charge in [0.05, 0.1) is 6.54 Å². The fourth-order valence-corrected chi connectivity index (χ4v) is 1.72. The highest BCUT2D eigenvalue weighted by atomic mass is 32.2. The number of rotatable bonds is 8. The minimum atomic E-state index is -0.746. The van der Waals surface area contributed by atoms with Crippen molar-refractivity contribution in [3.8, 4) is 0 Å². The van der Waals surface area contributed by atoms with Crippen molar-refractivity contribution in [3.05, 3.63) is 0 Å². The molecule has 0 aliphatic carbocycles. The maximum atomic E-state index is 11.2. The molecule has 0 bridgehead atoms. The largest absolute Gasteiger partial charge is 0.355 e. The maximum Gasteiger partial charge on any atom is 0.233 e. The van der Waals surface area contributed by atoms with Crippen LogP contribution in [0, 0.1) is 0 Å². The Balaban J connectivity index is 3.48. The van der Waals surface area contributed by atoms with Crippen molar-refractivity contribution >= 4 is 16.7 Å². The van der Waals surface area contributed by atoms with E-state index in [1.54, 1.807) is 6.26 Å². The fraction of sp³-hybridized carbons (Fsp3) is 0.900. The highest BCUT2D eigenvalue weighted by molar-refractivity contribution is 7.84. The van der Waals surface area contributed by atoms with Crippen LogP contribution in [-0.2, 0) is 15.6 Å². The maximum absolute atomic E-state index is 11.2. The standard InChI is InChI=1S/C10H22N2O2S/c1-4-6-11-10(13)8-12-9(2)5-7-15(3)14/h9,12H,4-8H2,1-3H3,(H,11,13). The quantitative estimate of drug-likeness (QED) is 0.633. The summed E-state index contributed by atoms with van der Waals surface area (Å²) >= 11 is 0. The first-order valence-corrected chi connectivity index (χ1v) is 7.09. The molecule has 2 N–H and O–H groups in total. The fourth-order valence-electron chi connectivity index (χ4n) is 1.04. The van der Waals surface area contributed by atoms with E-state index < -0.39 is 10.8 Å². The van der Waals surface area contributed by atoms with Crippen molar-refractivity contribution in [2.24, 2.45) is 0 Å². The first-order valence-electron chi connectivity index (χ1n) is 5.36. The highest BCUT2D eigenvalue weighted by Crippen LogP contribution is 1.91.